The van der Waals surface area contributed by atoms with Crippen molar-refractivity contribution in [3.05, 3.63) is 35.4 Å². The van der Waals surface area contributed by atoms with E-state index in [1.165, 1.54) is 11.1 Å². The molecule has 3 aliphatic rings. The molecule has 1 aromatic rings. The molecule has 2 fully saturated rings. The number of piperidine rings is 2. The van der Waals surface area contributed by atoms with Crippen molar-refractivity contribution in [2.45, 2.75) is 57.2 Å². The summed E-state index contributed by atoms with van der Waals surface area (Å²) < 4.78 is 0. The highest BCUT2D eigenvalue weighted by atomic mass is 16.3. The minimum atomic E-state index is -0.594. The Bertz CT molecular complexity index is 756. The Hall–Kier alpha value is -2.12. The predicted molar refractivity (Wildman–Crippen MR) is 115 cm³/mol. The number of amides is 3. The number of aliphatic hydroxyl groups excluding tert-OH is 1. The molecule has 0 spiro atoms. The van der Waals surface area contributed by atoms with Crippen molar-refractivity contribution in [1.82, 2.24) is 20.0 Å². The second-order valence-electron chi connectivity index (χ2n) is 8.88. The molecule has 2 saturated heterocycles. The average molecular weight is 415 g/mol. The highest BCUT2D eigenvalue weighted by molar-refractivity contribution is 5.78. The molecule has 0 radical (unpaired) electrons. The van der Waals surface area contributed by atoms with Crippen LogP contribution in [0.2, 0.25) is 0 Å². The van der Waals surface area contributed by atoms with Gasteiger partial charge in [-0.3, -0.25) is 9.69 Å². The van der Waals surface area contributed by atoms with Crippen LogP contribution in [0.3, 0.4) is 0 Å². The summed E-state index contributed by atoms with van der Waals surface area (Å²) in [6, 6.07) is 8.46. The normalized spacial score (nSPS) is 23.8. The molecule has 3 aliphatic heterocycles. The molecule has 3 heterocycles. The maximum atomic E-state index is 12.7. The van der Waals surface area contributed by atoms with Gasteiger partial charge < -0.3 is 20.2 Å². The third-order valence-corrected chi connectivity index (χ3v) is 6.65. The van der Waals surface area contributed by atoms with Crippen molar-refractivity contribution < 1.29 is 14.7 Å². The Morgan fingerprint density at radius 2 is 1.93 bits per heavy atom. The van der Waals surface area contributed by atoms with Gasteiger partial charge in [-0.25, -0.2) is 4.79 Å². The smallest absolute Gasteiger partial charge is 0.317 e. The van der Waals surface area contributed by atoms with E-state index in [-0.39, 0.29) is 24.5 Å². The van der Waals surface area contributed by atoms with Gasteiger partial charge in [-0.05, 0) is 43.2 Å². The molecule has 0 bridgehead atoms. The lowest BCUT2D eigenvalue weighted by Crippen LogP contribution is -2.55. The van der Waals surface area contributed by atoms with E-state index in [4.69, 9.17) is 0 Å². The summed E-state index contributed by atoms with van der Waals surface area (Å²) in [5.41, 5.74) is 2.72. The number of aliphatic hydroxyl groups is 1. The number of carbonyl (C=O) groups is 2. The monoisotopic (exact) mass is 414 g/mol. The van der Waals surface area contributed by atoms with Crippen LogP contribution in [-0.4, -0.2) is 83.2 Å². The molecule has 4 rings (SSSR count). The van der Waals surface area contributed by atoms with Crippen LogP contribution in [0.25, 0.3) is 0 Å². The Labute approximate surface area is 179 Å². The molecule has 2 atom stereocenters. The van der Waals surface area contributed by atoms with E-state index in [1.54, 1.807) is 4.90 Å². The van der Waals surface area contributed by atoms with E-state index >= 15 is 0 Å². The summed E-state index contributed by atoms with van der Waals surface area (Å²) >= 11 is 0. The van der Waals surface area contributed by atoms with Crippen molar-refractivity contribution in [2.24, 2.45) is 0 Å². The highest BCUT2D eigenvalue weighted by Crippen LogP contribution is 2.21. The maximum absolute atomic E-state index is 12.7. The molecule has 3 amide bonds. The molecule has 0 saturated carbocycles. The number of fused-ring (bicyclic) bond motifs is 1. The fourth-order valence-electron chi connectivity index (χ4n) is 5.00. The van der Waals surface area contributed by atoms with Crippen molar-refractivity contribution in [1.29, 1.82) is 0 Å². The van der Waals surface area contributed by atoms with Crippen LogP contribution in [0.1, 0.15) is 43.2 Å². The van der Waals surface area contributed by atoms with E-state index in [9.17, 15) is 14.7 Å². The highest BCUT2D eigenvalue weighted by Gasteiger charge is 2.31. The van der Waals surface area contributed by atoms with Crippen molar-refractivity contribution >= 4 is 11.9 Å². The Balaban J connectivity index is 1.22. The van der Waals surface area contributed by atoms with Crippen LogP contribution in [0.4, 0.5) is 4.79 Å². The molecule has 0 aliphatic carbocycles. The SMILES string of the molecule is O=C(NCC(O)CN1CCc2ccccc2C1)N1CCC[C@@H](N2CCCCC2=O)C1. The first-order chi connectivity index (χ1) is 14.6. The number of nitrogens with zero attached hydrogens (tertiary/aromatic N) is 3. The predicted octanol–water partition coefficient (Wildman–Crippen LogP) is 1.59. The summed E-state index contributed by atoms with van der Waals surface area (Å²) in [4.78, 5) is 30.9. The third-order valence-electron chi connectivity index (χ3n) is 6.65. The molecule has 0 aromatic heterocycles. The van der Waals surface area contributed by atoms with Gasteiger partial charge in [0.25, 0.3) is 0 Å². The molecule has 30 heavy (non-hydrogen) atoms. The lowest BCUT2D eigenvalue weighted by Gasteiger charge is -2.41. The minimum absolute atomic E-state index is 0.132. The zero-order valence-electron chi connectivity index (χ0n) is 17.8. The summed E-state index contributed by atoms with van der Waals surface area (Å²) in [7, 11) is 0. The zero-order valence-corrected chi connectivity index (χ0v) is 17.8. The quantitative estimate of drug-likeness (QED) is 0.767. The molecule has 1 unspecified atom stereocenters. The van der Waals surface area contributed by atoms with Gasteiger partial charge in [0, 0.05) is 58.3 Å². The number of β-amino-alcohol motifs (C(OH)–C–C–N with tert-alkyl or cyclic N) is 1. The molecular weight excluding hydrogens is 380 g/mol. The number of hydrogen-bond acceptors (Lipinski definition) is 4. The molecule has 7 nitrogen and oxygen atoms in total. The second kappa shape index (κ2) is 9.79. The topological polar surface area (TPSA) is 76.1 Å². The van der Waals surface area contributed by atoms with Crippen molar-refractivity contribution in [2.75, 3.05) is 39.3 Å². The third kappa shape index (κ3) is 5.13. The van der Waals surface area contributed by atoms with Gasteiger partial charge in [0.1, 0.15) is 0 Å². The Morgan fingerprint density at radius 3 is 2.77 bits per heavy atom. The summed E-state index contributed by atoms with van der Waals surface area (Å²) in [5, 5.41) is 13.4. The fourth-order valence-corrected chi connectivity index (χ4v) is 5.00. The van der Waals surface area contributed by atoms with E-state index < -0.39 is 6.10 Å². The molecule has 2 N–H and O–H groups in total. The van der Waals surface area contributed by atoms with Crippen LogP contribution in [-0.2, 0) is 17.8 Å². The van der Waals surface area contributed by atoms with Gasteiger partial charge in [0.05, 0.1) is 6.10 Å². The van der Waals surface area contributed by atoms with Crippen molar-refractivity contribution in [3.63, 3.8) is 0 Å². The van der Waals surface area contributed by atoms with Crippen LogP contribution >= 0.6 is 0 Å². The largest absolute Gasteiger partial charge is 0.390 e. The Kier molecular flexibility index (Phi) is 6.89. The number of nitrogens with one attached hydrogen (secondary N) is 1. The summed E-state index contributed by atoms with van der Waals surface area (Å²) in [6.45, 7) is 4.70. The first kappa shape index (κ1) is 21.1. The summed E-state index contributed by atoms with van der Waals surface area (Å²) in [6.07, 6.45) is 4.96. The van der Waals surface area contributed by atoms with Gasteiger partial charge >= 0.3 is 6.03 Å². The minimum Gasteiger partial charge on any atom is -0.390 e. The van der Waals surface area contributed by atoms with E-state index in [1.807, 2.05) is 4.90 Å². The van der Waals surface area contributed by atoms with Crippen LogP contribution in [0.5, 0.6) is 0 Å². The average Bonchev–Trinajstić information content (AvgIpc) is 2.78. The van der Waals surface area contributed by atoms with Gasteiger partial charge in [0.2, 0.25) is 5.91 Å². The van der Waals surface area contributed by atoms with Crippen LogP contribution in [0.15, 0.2) is 24.3 Å². The number of hydrogen-bond donors (Lipinski definition) is 2. The molecular formula is C23H34N4O3. The fraction of sp³-hybridized carbons (Fsp3) is 0.652. The van der Waals surface area contributed by atoms with Crippen LogP contribution in [0, 0.1) is 0 Å². The lowest BCUT2D eigenvalue weighted by atomic mass is 10.00. The number of carbonyl (C=O) groups excluding carboxylic acids is 2. The first-order valence-corrected chi connectivity index (χ1v) is 11.4. The number of benzene rings is 1. The standard InChI is InChI=1S/C23H34N4O3/c28-21(17-25-13-10-18-6-1-2-7-19(18)15-25)14-24-23(30)26-11-5-8-20(16-26)27-12-4-3-9-22(27)29/h1-2,6-7,20-21,28H,3-5,8-17H2,(H,24,30)/t20-,21?/m1/s1. The Morgan fingerprint density at radius 1 is 1.10 bits per heavy atom. The van der Waals surface area contributed by atoms with Gasteiger partial charge in [-0.1, -0.05) is 24.3 Å². The number of urea groups is 1. The zero-order chi connectivity index (χ0) is 20.9. The van der Waals surface area contributed by atoms with Crippen LogP contribution < -0.4 is 5.32 Å². The first-order valence-electron chi connectivity index (χ1n) is 11.4. The summed E-state index contributed by atoms with van der Waals surface area (Å²) in [5.74, 6) is 0.229. The second-order valence-corrected chi connectivity index (χ2v) is 8.88. The van der Waals surface area contributed by atoms with Gasteiger partial charge in [-0.2, -0.15) is 0 Å². The van der Waals surface area contributed by atoms with E-state index in [0.717, 1.165) is 51.7 Å². The number of rotatable bonds is 5. The molecule has 164 valence electrons. The maximum Gasteiger partial charge on any atom is 0.317 e. The van der Waals surface area contributed by atoms with E-state index in [0.29, 0.717) is 26.1 Å². The van der Waals surface area contributed by atoms with Gasteiger partial charge in [0.15, 0.2) is 0 Å². The van der Waals surface area contributed by atoms with Crippen molar-refractivity contribution in [3.8, 4) is 0 Å². The lowest BCUT2D eigenvalue weighted by molar-refractivity contribution is -0.136. The number of likely N-dealkylation sites (tertiary alicyclic amines) is 2. The van der Waals surface area contributed by atoms with E-state index in [2.05, 4.69) is 34.5 Å². The van der Waals surface area contributed by atoms with Gasteiger partial charge in [-0.15, -0.1) is 0 Å². The molecule has 7 heteroatoms. The molecule has 1 aromatic carbocycles.